The third-order valence-corrected chi connectivity index (χ3v) is 1.33. The van der Waals surface area contributed by atoms with Gasteiger partial charge in [-0.3, -0.25) is 0 Å². The van der Waals surface area contributed by atoms with Crippen LogP contribution in [0.25, 0.3) is 0 Å². The Morgan fingerprint density at radius 2 is 1.62 bits per heavy atom. The van der Waals surface area contributed by atoms with Gasteiger partial charge in [-0.2, -0.15) is 0 Å². The van der Waals surface area contributed by atoms with E-state index in [0.29, 0.717) is 5.92 Å². The molecule has 0 aliphatic heterocycles. The summed E-state index contributed by atoms with van der Waals surface area (Å²) >= 11 is 0. The molecule has 0 rings (SSSR count). The van der Waals surface area contributed by atoms with Gasteiger partial charge in [0.15, 0.2) is 0 Å². The van der Waals surface area contributed by atoms with E-state index in [1.807, 2.05) is 13.8 Å². The molecule has 0 amide bonds. The summed E-state index contributed by atoms with van der Waals surface area (Å²) in [5, 5.41) is 8.87. The Hall–Kier alpha value is -0.0800. The van der Waals surface area contributed by atoms with Gasteiger partial charge < -0.3 is 10.8 Å². The molecule has 2 nitrogen and oxygen atoms in total. The average molecular weight is 117 g/mol. The van der Waals surface area contributed by atoms with E-state index in [1.165, 1.54) is 0 Å². The SMILES string of the molecule is CC(C)[C@@H](N)[C@@H](C)O. The van der Waals surface area contributed by atoms with E-state index >= 15 is 0 Å². The van der Waals surface area contributed by atoms with Gasteiger partial charge in [-0.25, -0.2) is 0 Å². The Bertz CT molecular complexity index is 53.5. The summed E-state index contributed by atoms with van der Waals surface area (Å²) in [6.45, 7) is 5.71. The first kappa shape index (κ1) is 7.92. The Morgan fingerprint density at radius 1 is 1.25 bits per heavy atom. The molecule has 2 atom stereocenters. The highest BCUT2D eigenvalue weighted by Gasteiger charge is 2.11. The normalized spacial score (nSPS) is 18.8. The molecule has 2 heteroatoms. The van der Waals surface area contributed by atoms with Crippen LogP contribution in [0.2, 0.25) is 0 Å². The second kappa shape index (κ2) is 3.05. The standard InChI is InChI=1S/C6H15NO/c1-4(2)6(7)5(3)8/h4-6,8H,7H2,1-3H3/t5-,6-/m1/s1. The average Bonchev–Trinajstić information content (AvgIpc) is 1.64. The molecule has 0 bridgehead atoms. The molecule has 8 heavy (non-hydrogen) atoms. The van der Waals surface area contributed by atoms with E-state index in [9.17, 15) is 0 Å². The minimum absolute atomic E-state index is 0.0741. The maximum atomic E-state index is 8.87. The third-order valence-electron chi connectivity index (χ3n) is 1.33. The second-order valence-electron chi connectivity index (χ2n) is 2.56. The van der Waals surface area contributed by atoms with Gasteiger partial charge in [0.1, 0.15) is 0 Å². The quantitative estimate of drug-likeness (QED) is 0.548. The van der Waals surface area contributed by atoms with Crippen LogP contribution in [0, 0.1) is 5.92 Å². The molecule has 0 spiro atoms. The minimum Gasteiger partial charge on any atom is -0.392 e. The molecule has 3 N–H and O–H groups in total. The lowest BCUT2D eigenvalue weighted by molar-refractivity contribution is 0.142. The number of aliphatic hydroxyl groups is 1. The van der Waals surface area contributed by atoms with E-state index in [-0.39, 0.29) is 12.1 Å². The van der Waals surface area contributed by atoms with Gasteiger partial charge in [-0.1, -0.05) is 13.8 Å². The Balaban J connectivity index is 3.46. The van der Waals surface area contributed by atoms with Crippen molar-refractivity contribution in [1.82, 2.24) is 0 Å². The van der Waals surface area contributed by atoms with Crippen LogP contribution in [0.5, 0.6) is 0 Å². The van der Waals surface area contributed by atoms with E-state index in [2.05, 4.69) is 0 Å². The van der Waals surface area contributed by atoms with Crippen LogP contribution in [0.3, 0.4) is 0 Å². The Morgan fingerprint density at radius 3 is 1.62 bits per heavy atom. The fourth-order valence-electron chi connectivity index (χ4n) is 0.557. The molecule has 0 heterocycles. The lowest BCUT2D eigenvalue weighted by atomic mass is 10.0. The number of hydrogen-bond donors (Lipinski definition) is 2. The minimum atomic E-state index is -0.380. The molecule has 0 radical (unpaired) electrons. The van der Waals surface area contributed by atoms with Gasteiger partial charge in [0.05, 0.1) is 6.10 Å². The molecule has 0 unspecified atom stereocenters. The summed E-state index contributed by atoms with van der Waals surface area (Å²) in [6, 6.07) is -0.0741. The molecule has 0 aliphatic rings. The fraction of sp³-hybridized carbons (Fsp3) is 1.00. The lowest BCUT2D eigenvalue weighted by Crippen LogP contribution is -2.36. The monoisotopic (exact) mass is 117 g/mol. The summed E-state index contributed by atoms with van der Waals surface area (Å²) in [6.07, 6.45) is -0.380. The third kappa shape index (κ3) is 2.28. The highest BCUT2D eigenvalue weighted by molar-refractivity contribution is 4.69. The number of hydrogen-bond acceptors (Lipinski definition) is 2. The maximum Gasteiger partial charge on any atom is 0.0665 e. The van der Waals surface area contributed by atoms with Crippen molar-refractivity contribution in [3.63, 3.8) is 0 Å². The summed E-state index contributed by atoms with van der Waals surface area (Å²) < 4.78 is 0. The van der Waals surface area contributed by atoms with Crippen LogP contribution in [0.4, 0.5) is 0 Å². The zero-order valence-electron chi connectivity index (χ0n) is 5.76. The highest BCUT2D eigenvalue weighted by Crippen LogP contribution is 2.01. The lowest BCUT2D eigenvalue weighted by Gasteiger charge is -2.17. The van der Waals surface area contributed by atoms with Gasteiger partial charge in [0.25, 0.3) is 0 Å². The zero-order chi connectivity index (χ0) is 6.73. The van der Waals surface area contributed by atoms with E-state index < -0.39 is 0 Å². The first-order valence-corrected chi connectivity index (χ1v) is 2.99. The number of nitrogens with two attached hydrogens (primary N) is 1. The molecular formula is C6H15NO. The topological polar surface area (TPSA) is 46.2 Å². The molecule has 0 aromatic rings. The number of rotatable bonds is 2. The van der Waals surface area contributed by atoms with Gasteiger partial charge >= 0.3 is 0 Å². The van der Waals surface area contributed by atoms with Crippen LogP contribution >= 0.6 is 0 Å². The van der Waals surface area contributed by atoms with E-state index in [0.717, 1.165) is 0 Å². The first-order chi connectivity index (χ1) is 3.55. The maximum absolute atomic E-state index is 8.87. The van der Waals surface area contributed by atoms with Gasteiger partial charge in [0, 0.05) is 6.04 Å². The predicted octanol–water partition coefficient (Wildman–Crippen LogP) is 0.350. The van der Waals surface area contributed by atoms with Crippen molar-refractivity contribution in [2.45, 2.75) is 32.9 Å². The summed E-state index contributed by atoms with van der Waals surface area (Å²) in [5.41, 5.74) is 5.51. The highest BCUT2D eigenvalue weighted by atomic mass is 16.3. The van der Waals surface area contributed by atoms with E-state index in [4.69, 9.17) is 10.8 Å². The fourth-order valence-corrected chi connectivity index (χ4v) is 0.557. The molecule has 0 aromatic carbocycles. The van der Waals surface area contributed by atoms with Crippen LogP contribution in [-0.2, 0) is 0 Å². The van der Waals surface area contributed by atoms with Crippen molar-refractivity contribution in [3.8, 4) is 0 Å². The van der Waals surface area contributed by atoms with Crippen molar-refractivity contribution < 1.29 is 5.11 Å². The van der Waals surface area contributed by atoms with Crippen molar-refractivity contribution >= 4 is 0 Å². The van der Waals surface area contributed by atoms with Crippen LogP contribution in [0.15, 0.2) is 0 Å². The van der Waals surface area contributed by atoms with Crippen molar-refractivity contribution in [2.75, 3.05) is 0 Å². The Labute approximate surface area is 50.7 Å². The Kier molecular flexibility index (Phi) is 3.02. The zero-order valence-corrected chi connectivity index (χ0v) is 5.76. The van der Waals surface area contributed by atoms with Gasteiger partial charge in [0.2, 0.25) is 0 Å². The molecular weight excluding hydrogens is 102 g/mol. The van der Waals surface area contributed by atoms with E-state index in [1.54, 1.807) is 6.92 Å². The van der Waals surface area contributed by atoms with Crippen molar-refractivity contribution in [1.29, 1.82) is 0 Å². The predicted molar refractivity (Wildman–Crippen MR) is 34.5 cm³/mol. The molecule has 0 fully saturated rings. The van der Waals surface area contributed by atoms with Crippen LogP contribution in [0.1, 0.15) is 20.8 Å². The second-order valence-corrected chi connectivity index (χ2v) is 2.56. The smallest absolute Gasteiger partial charge is 0.0665 e. The van der Waals surface area contributed by atoms with Crippen molar-refractivity contribution in [3.05, 3.63) is 0 Å². The first-order valence-electron chi connectivity index (χ1n) is 2.99. The largest absolute Gasteiger partial charge is 0.392 e. The van der Waals surface area contributed by atoms with Crippen LogP contribution in [-0.4, -0.2) is 17.3 Å². The van der Waals surface area contributed by atoms with Crippen molar-refractivity contribution in [2.24, 2.45) is 11.7 Å². The number of aliphatic hydroxyl groups excluding tert-OH is 1. The molecule has 50 valence electrons. The molecule has 0 saturated heterocycles. The summed E-state index contributed by atoms with van der Waals surface area (Å²) in [7, 11) is 0. The van der Waals surface area contributed by atoms with Gasteiger partial charge in [-0.05, 0) is 12.8 Å². The van der Waals surface area contributed by atoms with Crippen LogP contribution < -0.4 is 5.73 Å². The molecule has 0 aromatic heterocycles. The molecule has 0 aliphatic carbocycles. The van der Waals surface area contributed by atoms with Gasteiger partial charge in [-0.15, -0.1) is 0 Å². The molecule has 0 saturated carbocycles. The summed E-state index contributed by atoms with van der Waals surface area (Å²) in [5.74, 6) is 0.370. The summed E-state index contributed by atoms with van der Waals surface area (Å²) in [4.78, 5) is 0.